The molecule has 0 aliphatic carbocycles. The lowest BCUT2D eigenvalue weighted by atomic mass is 9.96. The van der Waals surface area contributed by atoms with Gasteiger partial charge in [0.1, 0.15) is 5.75 Å². The SMILES string of the molecule is COc1ccc([C@@H]2NC(=O)NC3=C2C(=O)N(C[C@@H]2CCCO2)C3)cc1. The number of amides is 3. The first-order valence-corrected chi connectivity index (χ1v) is 8.51. The molecule has 1 aromatic rings. The van der Waals surface area contributed by atoms with Crippen LogP contribution in [0.5, 0.6) is 5.75 Å². The van der Waals surface area contributed by atoms with Gasteiger partial charge in [0, 0.05) is 13.2 Å². The molecule has 3 aliphatic rings. The molecule has 3 aliphatic heterocycles. The molecule has 0 unspecified atom stereocenters. The molecule has 3 amide bonds. The van der Waals surface area contributed by atoms with Gasteiger partial charge in [-0.3, -0.25) is 4.79 Å². The Bertz CT molecular complexity index is 722. The van der Waals surface area contributed by atoms with Crippen molar-refractivity contribution in [2.75, 3.05) is 26.8 Å². The molecule has 0 saturated carbocycles. The predicted octanol–water partition coefficient (Wildman–Crippen LogP) is 1.32. The van der Waals surface area contributed by atoms with Crippen LogP contribution in [0.4, 0.5) is 4.79 Å². The third-order valence-electron chi connectivity index (χ3n) is 4.92. The van der Waals surface area contributed by atoms with E-state index in [2.05, 4.69) is 10.6 Å². The highest BCUT2D eigenvalue weighted by molar-refractivity contribution is 6.01. The van der Waals surface area contributed by atoms with Crippen LogP contribution in [-0.2, 0) is 9.53 Å². The second kappa shape index (κ2) is 6.40. The standard InChI is InChI=1S/C18H21N3O4/c1-24-12-6-4-11(5-7-12)16-15-14(19-18(23)20-16)10-21(17(15)22)9-13-3-2-8-25-13/h4-7,13,16H,2-3,8-10H2,1H3,(H2,19,20,23)/t13-,16-/m0/s1. The molecule has 0 aromatic heterocycles. The van der Waals surface area contributed by atoms with Crippen LogP contribution in [0, 0.1) is 0 Å². The predicted molar refractivity (Wildman–Crippen MR) is 90.0 cm³/mol. The van der Waals surface area contributed by atoms with E-state index in [9.17, 15) is 9.59 Å². The molecule has 1 aromatic carbocycles. The molecule has 0 radical (unpaired) electrons. The molecule has 0 bridgehead atoms. The molecule has 1 fully saturated rings. The minimum atomic E-state index is -0.448. The van der Waals surface area contributed by atoms with Crippen LogP contribution in [0.25, 0.3) is 0 Å². The molecule has 3 heterocycles. The fraction of sp³-hybridized carbons (Fsp3) is 0.444. The molecule has 7 heteroatoms. The smallest absolute Gasteiger partial charge is 0.319 e. The van der Waals surface area contributed by atoms with Crippen LogP contribution >= 0.6 is 0 Å². The first-order chi connectivity index (χ1) is 12.2. The number of nitrogens with one attached hydrogen (secondary N) is 2. The van der Waals surface area contributed by atoms with Gasteiger partial charge in [0.2, 0.25) is 0 Å². The van der Waals surface area contributed by atoms with Gasteiger partial charge in [-0.2, -0.15) is 0 Å². The third kappa shape index (κ3) is 2.95. The molecule has 1 saturated heterocycles. The number of carbonyl (C=O) groups is 2. The number of nitrogens with zero attached hydrogens (tertiary/aromatic N) is 1. The summed E-state index contributed by atoms with van der Waals surface area (Å²) in [5, 5.41) is 5.65. The summed E-state index contributed by atoms with van der Waals surface area (Å²) in [6.07, 6.45) is 2.10. The number of benzene rings is 1. The zero-order valence-corrected chi connectivity index (χ0v) is 14.1. The average molecular weight is 343 g/mol. The summed E-state index contributed by atoms with van der Waals surface area (Å²) in [6.45, 7) is 1.75. The zero-order valence-electron chi connectivity index (χ0n) is 14.1. The first-order valence-electron chi connectivity index (χ1n) is 8.51. The molecule has 2 N–H and O–H groups in total. The number of hydrogen-bond donors (Lipinski definition) is 2. The van der Waals surface area contributed by atoms with E-state index in [0.29, 0.717) is 24.4 Å². The first kappa shape index (κ1) is 16.0. The second-order valence-electron chi connectivity index (χ2n) is 6.52. The van der Waals surface area contributed by atoms with Crippen molar-refractivity contribution in [1.82, 2.24) is 15.5 Å². The highest BCUT2D eigenvalue weighted by Gasteiger charge is 2.41. The van der Waals surface area contributed by atoms with Gasteiger partial charge in [0.05, 0.1) is 37.1 Å². The molecule has 2 atom stereocenters. The summed E-state index contributed by atoms with van der Waals surface area (Å²) < 4.78 is 10.8. The molecule has 4 rings (SSSR count). The number of rotatable bonds is 4. The molecule has 25 heavy (non-hydrogen) atoms. The number of methoxy groups -OCH3 is 1. The number of hydrogen-bond acceptors (Lipinski definition) is 4. The molecular formula is C18H21N3O4. The van der Waals surface area contributed by atoms with Gasteiger partial charge in [-0.05, 0) is 30.5 Å². The number of urea groups is 1. The summed E-state index contributed by atoms with van der Waals surface area (Å²) >= 11 is 0. The summed E-state index contributed by atoms with van der Waals surface area (Å²) in [7, 11) is 1.60. The monoisotopic (exact) mass is 343 g/mol. The van der Waals surface area contributed by atoms with Gasteiger partial charge in [-0.15, -0.1) is 0 Å². The van der Waals surface area contributed by atoms with Gasteiger partial charge in [0.25, 0.3) is 5.91 Å². The third-order valence-corrected chi connectivity index (χ3v) is 4.92. The summed E-state index contributed by atoms with van der Waals surface area (Å²) in [4.78, 5) is 26.7. The van der Waals surface area contributed by atoms with Gasteiger partial charge in [-0.25, -0.2) is 4.79 Å². The summed E-state index contributed by atoms with van der Waals surface area (Å²) in [6, 6.07) is 6.66. The Hall–Kier alpha value is -2.54. The van der Waals surface area contributed by atoms with E-state index in [4.69, 9.17) is 9.47 Å². The normalized spacial score (nSPS) is 25.7. The molecule has 7 nitrogen and oxygen atoms in total. The van der Waals surface area contributed by atoms with Gasteiger partial charge in [-0.1, -0.05) is 12.1 Å². The van der Waals surface area contributed by atoms with Crippen LogP contribution in [0.1, 0.15) is 24.4 Å². The fourth-order valence-electron chi connectivity index (χ4n) is 3.66. The van der Waals surface area contributed by atoms with Crippen LogP contribution < -0.4 is 15.4 Å². The Balaban J connectivity index is 1.58. The molecule has 132 valence electrons. The minimum absolute atomic E-state index is 0.0428. The van der Waals surface area contributed by atoms with E-state index in [1.807, 2.05) is 24.3 Å². The van der Waals surface area contributed by atoms with E-state index in [1.54, 1.807) is 12.0 Å². The quantitative estimate of drug-likeness (QED) is 0.864. The maximum atomic E-state index is 12.9. The maximum Gasteiger partial charge on any atom is 0.319 e. The zero-order chi connectivity index (χ0) is 17.4. The van der Waals surface area contributed by atoms with Crippen LogP contribution in [0.15, 0.2) is 35.5 Å². The van der Waals surface area contributed by atoms with Gasteiger partial charge < -0.3 is 25.0 Å². The topological polar surface area (TPSA) is 79.9 Å². The minimum Gasteiger partial charge on any atom is -0.497 e. The van der Waals surface area contributed by atoms with E-state index in [0.717, 1.165) is 30.8 Å². The highest BCUT2D eigenvalue weighted by atomic mass is 16.5. The molecule has 0 spiro atoms. The van der Waals surface area contributed by atoms with Crippen molar-refractivity contribution in [3.8, 4) is 5.75 Å². The highest BCUT2D eigenvalue weighted by Crippen LogP contribution is 2.33. The Morgan fingerprint density at radius 3 is 2.76 bits per heavy atom. The fourth-order valence-corrected chi connectivity index (χ4v) is 3.66. The van der Waals surface area contributed by atoms with Crippen molar-refractivity contribution in [3.63, 3.8) is 0 Å². The van der Waals surface area contributed by atoms with E-state index in [1.165, 1.54) is 0 Å². The second-order valence-corrected chi connectivity index (χ2v) is 6.52. The van der Waals surface area contributed by atoms with Crippen LogP contribution in [-0.4, -0.2) is 49.7 Å². The van der Waals surface area contributed by atoms with Crippen LogP contribution in [0.3, 0.4) is 0 Å². The van der Waals surface area contributed by atoms with Gasteiger partial charge >= 0.3 is 6.03 Å². The van der Waals surface area contributed by atoms with Crippen molar-refractivity contribution in [2.24, 2.45) is 0 Å². The van der Waals surface area contributed by atoms with Crippen LogP contribution in [0.2, 0.25) is 0 Å². The largest absolute Gasteiger partial charge is 0.497 e. The average Bonchev–Trinajstić information content (AvgIpc) is 3.23. The van der Waals surface area contributed by atoms with E-state index >= 15 is 0 Å². The Labute approximate surface area is 146 Å². The molecular weight excluding hydrogens is 322 g/mol. The lowest BCUT2D eigenvalue weighted by Crippen LogP contribution is -2.44. The number of carbonyl (C=O) groups excluding carboxylic acids is 2. The van der Waals surface area contributed by atoms with E-state index in [-0.39, 0.29) is 18.0 Å². The Kier molecular flexibility index (Phi) is 4.09. The Morgan fingerprint density at radius 1 is 1.28 bits per heavy atom. The summed E-state index contributed by atoms with van der Waals surface area (Å²) in [5.74, 6) is 0.690. The summed E-state index contributed by atoms with van der Waals surface area (Å²) in [5.41, 5.74) is 2.16. The van der Waals surface area contributed by atoms with Crippen molar-refractivity contribution in [2.45, 2.75) is 25.0 Å². The maximum absolute atomic E-state index is 12.9. The Morgan fingerprint density at radius 2 is 2.08 bits per heavy atom. The van der Waals surface area contributed by atoms with Crippen molar-refractivity contribution in [3.05, 3.63) is 41.1 Å². The lowest BCUT2D eigenvalue weighted by Gasteiger charge is -2.25. The van der Waals surface area contributed by atoms with Gasteiger partial charge in [0.15, 0.2) is 0 Å². The van der Waals surface area contributed by atoms with Crippen molar-refractivity contribution >= 4 is 11.9 Å². The van der Waals surface area contributed by atoms with E-state index < -0.39 is 6.04 Å². The van der Waals surface area contributed by atoms with Crippen molar-refractivity contribution < 1.29 is 19.1 Å². The van der Waals surface area contributed by atoms with Crippen molar-refractivity contribution in [1.29, 1.82) is 0 Å². The lowest BCUT2D eigenvalue weighted by molar-refractivity contribution is -0.127. The number of ether oxygens (including phenoxy) is 2.